The van der Waals surface area contributed by atoms with E-state index in [2.05, 4.69) is 121 Å². The van der Waals surface area contributed by atoms with E-state index < -0.39 is 0 Å². The Labute approximate surface area is 175 Å². The van der Waals surface area contributed by atoms with Crippen LogP contribution in [0, 0.1) is 0 Å². The molecule has 0 aliphatic heterocycles. The van der Waals surface area contributed by atoms with Crippen molar-refractivity contribution in [1.29, 1.82) is 0 Å². The normalized spacial score (nSPS) is 13.8. The molecule has 0 amide bonds. The van der Waals surface area contributed by atoms with Gasteiger partial charge in [-0.3, -0.25) is 0 Å². The van der Waals surface area contributed by atoms with Crippen molar-refractivity contribution in [1.82, 2.24) is 0 Å². The molecule has 136 valence electrons. The zero-order valence-electron chi connectivity index (χ0n) is 16.0. The Morgan fingerprint density at radius 1 is 0.571 bits per heavy atom. The third kappa shape index (κ3) is 2.57. The van der Waals surface area contributed by atoms with Crippen LogP contribution in [0.5, 0.6) is 0 Å². The van der Waals surface area contributed by atoms with Crippen molar-refractivity contribution < 1.29 is 0 Å². The Morgan fingerprint density at radius 3 is 2.04 bits per heavy atom. The Kier molecular flexibility index (Phi) is 4.03. The highest BCUT2D eigenvalue weighted by Gasteiger charge is 2.37. The highest BCUT2D eigenvalue weighted by atomic mass is 79.9. The summed E-state index contributed by atoms with van der Waals surface area (Å²) in [5, 5.41) is 0. The first-order chi connectivity index (χ1) is 13.6. The lowest BCUT2D eigenvalue weighted by Crippen LogP contribution is -2.14. The van der Waals surface area contributed by atoms with Gasteiger partial charge in [0.05, 0.1) is 0 Å². The number of benzene rings is 4. The van der Waals surface area contributed by atoms with Crippen molar-refractivity contribution in [3.05, 3.63) is 107 Å². The fourth-order valence-corrected chi connectivity index (χ4v) is 4.93. The van der Waals surface area contributed by atoms with E-state index in [1.54, 1.807) is 0 Å². The van der Waals surface area contributed by atoms with Gasteiger partial charge in [-0.1, -0.05) is 109 Å². The molecule has 0 N–H and O–H groups in total. The van der Waals surface area contributed by atoms with Gasteiger partial charge < -0.3 is 0 Å². The standard InChI is InChI=1S/C27H21Br/c1-27(2)24-14-8-13-22(26(24)23-16-15-19(28)17-25(23)27)21-12-7-6-11-20(21)18-9-4-3-5-10-18/h3-17H,1-2H3. The van der Waals surface area contributed by atoms with Gasteiger partial charge in [-0.05, 0) is 56.6 Å². The number of hydrogen-bond acceptors (Lipinski definition) is 0. The molecule has 5 rings (SSSR count). The summed E-state index contributed by atoms with van der Waals surface area (Å²) in [4.78, 5) is 0. The van der Waals surface area contributed by atoms with Gasteiger partial charge in [-0.15, -0.1) is 0 Å². The lowest BCUT2D eigenvalue weighted by atomic mass is 9.81. The third-order valence-corrected chi connectivity index (χ3v) is 6.46. The second kappa shape index (κ2) is 6.46. The van der Waals surface area contributed by atoms with Gasteiger partial charge in [0.15, 0.2) is 0 Å². The summed E-state index contributed by atoms with van der Waals surface area (Å²) in [7, 11) is 0. The van der Waals surface area contributed by atoms with E-state index in [4.69, 9.17) is 0 Å². The molecule has 4 aromatic rings. The molecule has 0 fully saturated rings. The van der Waals surface area contributed by atoms with E-state index in [-0.39, 0.29) is 5.41 Å². The molecule has 0 bridgehead atoms. The molecule has 0 aromatic heterocycles. The fourth-order valence-electron chi connectivity index (χ4n) is 4.57. The minimum atomic E-state index is -0.00779. The maximum Gasteiger partial charge on any atom is 0.0178 e. The average molecular weight is 425 g/mol. The number of rotatable bonds is 2. The van der Waals surface area contributed by atoms with Crippen molar-refractivity contribution in [3.63, 3.8) is 0 Å². The van der Waals surface area contributed by atoms with Crippen LogP contribution >= 0.6 is 15.9 Å². The quantitative estimate of drug-likeness (QED) is 0.304. The SMILES string of the molecule is CC1(C)c2cc(Br)ccc2-c2c(-c3ccccc3-c3ccccc3)cccc21. The molecule has 1 aliphatic carbocycles. The van der Waals surface area contributed by atoms with Crippen LogP contribution in [-0.2, 0) is 5.41 Å². The largest absolute Gasteiger partial charge is 0.0622 e. The Balaban J connectivity index is 1.82. The fraction of sp³-hybridized carbons (Fsp3) is 0.111. The van der Waals surface area contributed by atoms with E-state index in [0.717, 1.165) is 4.47 Å². The lowest BCUT2D eigenvalue weighted by molar-refractivity contribution is 0.660. The smallest absolute Gasteiger partial charge is 0.0178 e. The zero-order valence-corrected chi connectivity index (χ0v) is 17.6. The van der Waals surface area contributed by atoms with Gasteiger partial charge in [0, 0.05) is 9.89 Å². The molecular formula is C27H21Br. The van der Waals surface area contributed by atoms with Crippen LogP contribution < -0.4 is 0 Å². The molecule has 0 spiro atoms. The number of hydrogen-bond donors (Lipinski definition) is 0. The van der Waals surface area contributed by atoms with E-state index >= 15 is 0 Å². The summed E-state index contributed by atoms with van der Waals surface area (Å²) in [5.41, 5.74) is 10.6. The van der Waals surface area contributed by atoms with Crippen molar-refractivity contribution in [2.75, 3.05) is 0 Å². The predicted octanol–water partition coefficient (Wildman–Crippen LogP) is 8.09. The van der Waals surface area contributed by atoms with Gasteiger partial charge in [0.25, 0.3) is 0 Å². The monoisotopic (exact) mass is 424 g/mol. The highest BCUT2D eigenvalue weighted by Crippen LogP contribution is 2.53. The van der Waals surface area contributed by atoms with Gasteiger partial charge in [0.1, 0.15) is 0 Å². The molecule has 28 heavy (non-hydrogen) atoms. The summed E-state index contributed by atoms with van der Waals surface area (Å²) in [6, 6.07) is 32.9. The molecule has 0 heterocycles. The first-order valence-corrected chi connectivity index (χ1v) is 10.5. The van der Waals surface area contributed by atoms with Crippen LogP contribution in [0.3, 0.4) is 0 Å². The number of halogens is 1. The maximum atomic E-state index is 3.67. The van der Waals surface area contributed by atoms with Crippen LogP contribution in [0.25, 0.3) is 33.4 Å². The van der Waals surface area contributed by atoms with Crippen LogP contribution in [0.15, 0.2) is 95.5 Å². The predicted molar refractivity (Wildman–Crippen MR) is 123 cm³/mol. The Bertz CT molecular complexity index is 1190. The summed E-state index contributed by atoms with van der Waals surface area (Å²) in [5.74, 6) is 0. The van der Waals surface area contributed by atoms with Crippen LogP contribution in [-0.4, -0.2) is 0 Å². The Hall–Kier alpha value is -2.64. The van der Waals surface area contributed by atoms with E-state index in [1.165, 1.54) is 44.5 Å². The second-order valence-corrected chi connectivity index (χ2v) is 8.87. The second-order valence-electron chi connectivity index (χ2n) is 7.95. The van der Waals surface area contributed by atoms with Crippen molar-refractivity contribution >= 4 is 15.9 Å². The van der Waals surface area contributed by atoms with E-state index in [0.29, 0.717) is 0 Å². The van der Waals surface area contributed by atoms with Crippen LogP contribution in [0.1, 0.15) is 25.0 Å². The van der Waals surface area contributed by atoms with Crippen molar-refractivity contribution in [2.24, 2.45) is 0 Å². The summed E-state index contributed by atoms with van der Waals surface area (Å²) in [6.45, 7) is 4.66. The molecule has 0 atom stereocenters. The summed E-state index contributed by atoms with van der Waals surface area (Å²) in [6.07, 6.45) is 0. The maximum absolute atomic E-state index is 3.67. The summed E-state index contributed by atoms with van der Waals surface area (Å²) >= 11 is 3.67. The van der Waals surface area contributed by atoms with Gasteiger partial charge in [0.2, 0.25) is 0 Å². The van der Waals surface area contributed by atoms with E-state index in [9.17, 15) is 0 Å². The zero-order chi connectivity index (χ0) is 19.3. The van der Waals surface area contributed by atoms with Crippen LogP contribution in [0.4, 0.5) is 0 Å². The topological polar surface area (TPSA) is 0 Å². The van der Waals surface area contributed by atoms with Gasteiger partial charge in [-0.25, -0.2) is 0 Å². The summed E-state index contributed by atoms with van der Waals surface area (Å²) < 4.78 is 1.14. The third-order valence-electron chi connectivity index (χ3n) is 5.96. The van der Waals surface area contributed by atoms with Gasteiger partial charge >= 0.3 is 0 Å². The molecular weight excluding hydrogens is 404 g/mol. The van der Waals surface area contributed by atoms with Crippen LogP contribution in [0.2, 0.25) is 0 Å². The minimum Gasteiger partial charge on any atom is -0.0622 e. The molecule has 4 aromatic carbocycles. The molecule has 0 unspecified atom stereocenters. The molecule has 0 nitrogen and oxygen atoms in total. The molecule has 0 saturated carbocycles. The highest BCUT2D eigenvalue weighted by molar-refractivity contribution is 9.10. The van der Waals surface area contributed by atoms with Gasteiger partial charge in [-0.2, -0.15) is 0 Å². The van der Waals surface area contributed by atoms with E-state index in [1.807, 2.05) is 0 Å². The lowest BCUT2D eigenvalue weighted by Gasteiger charge is -2.22. The molecule has 1 aliphatic rings. The molecule has 0 saturated heterocycles. The minimum absolute atomic E-state index is 0.00779. The number of fused-ring (bicyclic) bond motifs is 3. The molecule has 1 heteroatoms. The molecule has 0 radical (unpaired) electrons. The first-order valence-electron chi connectivity index (χ1n) is 9.66. The first kappa shape index (κ1) is 17.5. The van der Waals surface area contributed by atoms with Crippen molar-refractivity contribution in [3.8, 4) is 33.4 Å². The van der Waals surface area contributed by atoms with Crippen molar-refractivity contribution in [2.45, 2.75) is 19.3 Å². The Morgan fingerprint density at radius 2 is 1.25 bits per heavy atom. The average Bonchev–Trinajstić information content (AvgIpc) is 2.96.